The first-order chi connectivity index (χ1) is 10.0. The van der Waals surface area contributed by atoms with E-state index in [1.54, 1.807) is 0 Å². The van der Waals surface area contributed by atoms with Crippen molar-refractivity contribution in [2.75, 3.05) is 5.32 Å². The van der Waals surface area contributed by atoms with Gasteiger partial charge in [-0.05, 0) is 41.3 Å². The van der Waals surface area contributed by atoms with Crippen LogP contribution in [-0.4, -0.2) is 11.0 Å². The van der Waals surface area contributed by atoms with Gasteiger partial charge in [0.15, 0.2) is 0 Å². The third-order valence-corrected chi connectivity index (χ3v) is 4.78. The molecule has 2 N–H and O–H groups in total. The lowest BCUT2D eigenvalue weighted by Crippen LogP contribution is -2.19. The number of hydrogen-bond donors (Lipinski definition) is 2. The van der Waals surface area contributed by atoms with Crippen molar-refractivity contribution in [3.05, 3.63) is 62.0 Å². The number of amides is 1. The molecule has 0 spiro atoms. The molecule has 5 heteroatoms. The van der Waals surface area contributed by atoms with Crippen molar-refractivity contribution in [1.29, 1.82) is 0 Å². The molecule has 2 aromatic carbocycles. The number of nitrogens with one attached hydrogen (secondary N) is 1. The molecular weight excluding hydrogens is 398 g/mol. The van der Waals surface area contributed by atoms with Crippen LogP contribution in [-0.2, 0) is 11.2 Å². The SMILES string of the molecule is O=C1CCc2cc(C(O)c3ccc(Br)cc3Br)ccc2N1. The number of halogens is 2. The molecule has 2 aromatic rings. The van der Waals surface area contributed by atoms with Crippen molar-refractivity contribution in [3.63, 3.8) is 0 Å². The van der Waals surface area contributed by atoms with E-state index in [4.69, 9.17) is 0 Å². The van der Waals surface area contributed by atoms with E-state index in [0.29, 0.717) is 12.8 Å². The quantitative estimate of drug-likeness (QED) is 0.780. The predicted molar refractivity (Wildman–Crippen MR) is 89.3 cm³/mol. The maximum absolute atomic E-state index is 11.4. The fourth-order valence-corrected chi connectivity index (χ4v) is 3.74. The average Bonchev–Trinajstić information content (AvgIpc) is 2.46. The minimum atomic E-state index is -0.699. The van der Waals surface area contributed by atoms with Crippen LogP contribution in [0.2, 0.25) is 0 Å². The van der Waals surface area contributed by atoms with E-state index in [9.17, 15) is 9.90 Å². The summed E-state index contributed by atoms with van der Waals surface area (Å²) in [5, 5.41) is 13.4. The Balaban J connectivity index is 1.95. The normalized spacial score (nSPS) is 15.3. The van der Waals surface area contributed by atoms with E-state index in [1.165, 1.54) is 0 Å². The number of aryl methyl sites for hydroxylation is 1. The van der Waals surface area contributed by atoms with E-state index in [2.05, 4.69) is 37.2 Å². The van der Waals surface area contributed by atoms with E-state index in [-0.39, 0.29) is 5.91 Å². The largest absolute Gasteiger partial charge is 0.384 e. The van der Waals surface area contributed by atoms with Crippen LogP contribution in [0.25, 0.3) is 0 Å². The Morgan fingerprint density at radius 1 is 1.10 bits per heavy atom. The predicted octanol–water partition coefficient (Wildman–Crippen LogP) is 4.18. The maximum Gasteiger partial charge on any atom is 0.224 e. The topological polar surface area (TPSA) is 49.3 Å². The molecule has 0 fully saturated rings. The van der Waals surface area contributed by atoms with Crippen LogP contribution >= 0.6 is 31.9 Å². The molecule has 21 heavy (non-hydrogen) atoms. The zero-order valence-corrected chi connectivity index (χ0v) is 14.2. The molecule has 1 aliphatic heterocycles. The Bertz CT molecular complexity index is 715. The van der Waals surface area contributed by atoms with Crippen LogP contribution in [0.15, 0.2) is 45.3 Å². The summed E-state index contributed by atoms with van der Waals surface area (Å²) in [6.07, 6.45) is 0.507. The molecule has 0 radical (unpaired) electrons. The van der Waals surface area contributed by atoms with Gasteiger partial charge in [-0.1, -0.05) is 50.1 Å². The minimum Gasteiger partial charge on any atom is -0.384 e. The van der Waals surface area contributed by atoms with Crippen molar-refractivity contribution >= 4 is 43.5 Å². The van der Waals surface area contributed by atoms with Gasteiger partial charge in [-0.25, -0.2) is 0 Å². The first-order valence-corrected chi connectivity index (χ1v) is 8.19. The number of fused-ring (bicyclic) bond motifs is 1. The van der Waals surface area contributed by atoms with Gasteiger partial charge in [-0.15, -0.1) is 0 Å². The molecule has 1 aliphatic rings. The highest BCUT2D eigenvalue weighted by Gasteiger charge is 2.19. The maximum atomic E-state index is 11.4. The Morgan fingerprint density at radius 2 is 1.90 bits per heavy atom. The minimum absolute atomic E-state index is 0.0476. The first-order valence-electron chi connectivity index (χ1n) is 6.60. The summed E-state index contributed by atoms with van der Waals surface area (Å²) in [4.78, 5) is 11.4. The van der Waals surface area contributed by atoms with Crippen LogP contribution in [0.5, 0.6) is 0 Å². The molecule has 0 aliphatic carbocycles. The van der Waals surface area contributed by atoms with Gasteiger partial charge in [0, 0.05) is 21.1 Å². The second-order valence-corrected chi connectivity index (χ2v) is 6.80. The number of carbonyl (C=O) groups is 1. The highest BCUT2D eigenvalue weighted by Crippen LogP contribution is 2.33. The number of rotatable bonds is 2. The van der Waals surface area contributed by atoms with Crippen LogP contribution in [0.1, 0.15) is 29.2 Å². The monoisotopic (exact) mass is 409 g/mol. The van der Waals surface area contributed by atoms with Crippen LogP contribution in [0, 0.1) is 0 Å². The molecular formula is C16H13Br2NO2. The lowest BCUT2D eigenvalue weighted by atomic mass is 9.95. The molecule has 1 atom stereocenters. The van der Waals surface area contributed by atoms with Crippen LogP contribution in [0.4, 0.5) is 5.69 Å². The van der Waals surface area contributed by atoms with Gasteiger partial charge in [0.1, 0.15) is 6.10 Å². The number of aliphatic hydroxyl groups is 1. The summed E-state index contributed by atoms with van der Waals surface area (Å²) in [6.45, 7) is 0. The summed E-state index contributed by atoms with van der Waals surface area (Å²) in [5.74, 6) is 0.0476. The molecule has 0 aromatic heterocycles. The molecule has 0 bridgehead atoms. The zero-order chi connectivity index (χ0) is 15.0. The Hall–Kier alpha value is -1.17. The molecule has 3 rings (SSSR count). The fraction of sp³-hybridized carbons (Fsp3) is 0.188. The van der Waals surface area contributed by atoms with Gasteiger partial charge in [-0.2, -0.15) is 0 Å². The Morgan fingerprint density at radius 3 is 2.67 bits per heavy atom. The summed E-state index contributed by atoms with van der Waals surface area (Å²) in [6, 6.07) is 11.4. The van der Waals surface area contributed by atoms with Crippen molar-refractivity contribution in [3.8, 4) is 0 Å². The summed E-state index contributed by atoms with van der Waals surface area (Å²) < 4.78 is 1.81. The summed E-state index contributed by atoms with van der Waals surface area (Å²) >= 11 is 6.89. The number of hydrogen-bond acceptors (Lipinski definition) is 2. The van der Waals surface area contributed by atoms with Crippen molar-refractivity contribution in [2.24, 2.45) is 0 Å². The van der Waals surface area contributed by atoms with Crippen molar-refractivity contribution < 1.29 is 9.90 Å². The third-order valence-electron chi connectivity index (χ3n) is 3.60. The van der Waals surface area contributed by atoms with Gasteiger partial charge in [0.05, 0.1) is 0 Å². The van der Waals surface area contributed by atoms with Gasteiger partial charge in [-0.3, -0.25) is 4.79 Å². The van der Waals surface area contributed by atoms with Crippen LogP contribution < -0.4 is 5.32 Å². The highest BCUT2D eigenvalue weighted by molar-refractivity contribution is 9.11. The first kappa shape index (κ1) is 14.8. The van der Waals surface area contributed by atoms with E-state index in [0.717, 1.165) is 31.3 Å². The smallest absolute Gasteiger partial charge is 0.224 e. The third kappa shape index (κ3) is 3.05. The molecule has 0 saturated carbocycles. The number of benzene rings is 2. The molecule has 1 heterocycles. The van der Waals surface area contributed by atoms with Gasteiger partial charge < -0.3 is 10.4 Å². The second-order valence-electron chi connectivity index (χ2n) is 5.03. The van der Waals surface area contributed by atoms with E-state index < -0.39 is 6.10 Å². The highest BCUT2D eigenvalue weighted by atomic mass is 79.9. The summed E-state index contributed by atoms with van der Waals surface area (Å²) in [5.41, 5.74) is 3.56. The van der Waals surface area contributed by atoms with E-state index in [1.807, 2.05) is 36.4 Å². The van der Waals surface area contributed by atoms with Crippen LogP contribution in [0.3, 0.4) is 0 Å². The standard InChI is InChI=1S/C16H13Br2NO2/c17-11-3-4-12(13(18)8-11)16(21)10-1-5-14-9(7-10)2-6-15(20)19-14/h1,3-5,7-8,16,21H,2,6H2,(H,19,20). The molecule has 1 unspecified atom stereocenters. The Kier molecular flexibility index (Phi) is 4.15. The van der Waals surface area contributed by atoms with Crippen molar-refractivity contribution in [1.82, 2.24) is 0 Å². The molecule has 0 saturated heterocycles. The fourth-order valence-electron chi connectivity index (χ4n) is 2.48. The average molecular weight is 411 g/mol. The number of anilines is 1. The lowest BCUT2D eigenvalue weighted by Gasteiger charge is -2.20. The van der Waals surface area contributed by atoms with Gasteiger partial charge >= 0.3 is 0 Å². The zero-order valence-electron chi connectivity index (χ0n) is 11.1. The molecule has 3 nitrogen and oxygen atoms in total. The van der Waals surface area contributed by atoms with Gasteiger partial charge in [0.25, 0.3) is 0 Å². The summed E-state index contributed by atoms with van der Waals surface area (Å²) in [7, 11) is 0. The molecule has 108 valence electrons. The number of aliphatic hydroxyl groups excluding tert-OH is 1. The second kappa shape index (κ2) is 5.91. The lowest BCUT2D eigenvalue weighted by molar-refractivity contribution is -0.116. The number of carbonyl (C=O) groups excluding carboxylic acids is 1. The molecule has 1 amide bonds. The van der Waals surface area contributed by atoms with Crippen molar-refractivity contribution in [2.45, 2.75) is 18.9 Å². The van der Waals surface area contributed by atoms with Gasteiger partial charge in [0.2, 0.25) is 5.91 Å². The van der Waals surface area contributed by atoms with E-state index >= 15 is 0 Å². The Labute approximate surface area is 139 Å².